The predicted molar refractivity (Wildman–Crippen MR) is 94.2 cm³/mol. The Kier molecular flexibility index (Phi) is 5.67. The van der Waals surface area contributed by atoms with Gasteiger partial charge in [0.15, 0.2) is 0 Å². The second-order valence-corrected chi connectivity index (χ2v) is 6.77. The molecule has 0 atom stereocenters. The number of aryl methyl sites for hydroxylation is 1. The van der Waals surface area contributed by atoms with Crippen LogP contribution in [0.3, 0.4) is 0 Å². The first-order valence-electron chi connectivity index (χ1n) is 7.44. The normalized spacial score (nSPS) is 11.1. The molecular weight excluding hydrogens is 351 g/mol. The van der Waals surface area contributed by atoms with E-state index in [1.54, 1.807) is 25.2 Å². The molecule has 1 aromatic heterocycles. The van der Waals surface area contributed by atoms with E-state index >= 15 is 0 Å². The number of carboxylic acid groups (broad SMARTS) is 1. The number of benzene rings is 1. The summed E-state index contributed by atoms with van der Waals surface area (Å²) in [5, 5.41) is 13.9. The Hall–Kier alpha value is -1.85. The van der Waals surface area contributed by atoms with Crippen LogP contribution in [-0.2, 0) is 24.7 Å². The van der Waals surface area contributed by atoms with Gasteiger partial charge in [0.05, 0.1) is 12.1 Å². The lowest BCUT2D eigenvalue weighted by atomic mass is 10.0. The van der Waals surface area contributed by atoms with Gasteiger partial charge in [0, 0.05) is 29.1 Å². The molecule has 0 aliphatic rings. The minimum absolute atomic E-state index is 0.0781. The molecule has 5 nitrogen and oxygen atoms in total. The molecule has 1 N–H and O–H groups in total. The fourth-order valence-corrected chi connectivity index (χ4v) is 3.14. The maximum absolute atomic E-state index is 12.1. The third kappa shape index (κ3) is 4.16. The molecule has 0 aliphatic carbocycles. The summed E-state index contributed by atoms with van der Waals surface area (Å²) in [6.45, 7) is 3.89. The van der Waals surface area contributed by atoms with Crippen molar-refractivity contribution in [3.8, 4) is 0 Å². The number of carboxylic acids is 1. The number of aromatic nitrogens is 2. The zero-order valence-corrected chi connectivity index (χ0v) is 15.1. The summed E-state index contributed by atoms with van der Waals surface area (Å²) in [6, 6.07) is 4.97. The lowest BCUT2D eigenvalue weighted by Crippen LogP contribution is -2.25. The number of nitrogens with zero attached hydrogens (tertiary/aromatic N) is 2. The molecule has 0 saturated carbocycles. The van der Waals surface area contributed by atoms with Crippen LogP contribution < -0.4 is 5.56 Å². The van der Waals surface area contributed by atoms with E-state index in [0.29, 0.717) is 38.9 Å². The van der Waals surface area contributed by atoms with Gasteiger partial charge in [0.25, 0.3) is 5.56 Å². The molecule has 0 aliphatic heterocycles. The quantitative estimate of drug-likeness (QED) is 0.877. The van der Waals surface area contributed by atoms with Crippen molar-refractivity contribution in [3.05, 3.63) is 61.0 Å². The van der Waals surface area contributed by atoms with Crippen molar-refractivity contribution >= 4 is 29.2 Å². The van der Waals surface area contributed by atoms with Gasteiger partial charge in [-0.2, -0.15) is 5.10 Å². The van der Waals surface area contributed by atoms with Crippen LogP contribution in [-0.4, -0.2) is 20.9 Å². The number of rotatable bonds is 5. The summed E-state index contributed by atoms with van der Waals surface area (Å²) in [6.07, 6.45) is 0.216. The zero-order chi connectivity index (χ0) is 18.0. The first-order valence-corrected chi connectivity index (χ1v) is 8.20. The molecular formula is C17H18Cl2N2O3. The van der Waals surface area contributed by atoms with Crippen LogP contribution in [0.2, 0.25) is 10.0 Å². The first kappa shape index (κ1) is 18.5. The number of hydrogen-bond acceptors (Lipinski definition) is 3. The fraction of sp³-hybridized carbons (Fsp3) is 0.353. The number of halogens is 2. The lowest BCUT2D eigenvalue weighted by molar-refractivity contribution is -0.136. The highest BCUT2D eigenvalue weighted by Crippen LogP contribution is 2.29. The molecule has 1 aromatic carbocycles. The molecule has 0 bridgehead atoms. The van der Waals surface area contributed by atoms with Crippen molar-refractivity contribution < 1.29 is 9.90 Å². The number of hydrogen-bond donors (Lipinski definition) is 1. The van der Waals surface area contributed by atoms with Gasteiger partial charge in [-0.25, -0.2) is 4.68 Å². The Bertz CT molecular complexity index is 821. The monoisotopic (exact) mass is 368 g/mol. The van der Waals surface area contributed by atoms with Gasteiger partial charge in [0.2, 0.25) is 0 Å². The molecule has 2 aromatic rings. The smallest absolute Gasteiger partial charge is 0.307 e. The molecule has 0 spiro atoms. The molecule has 0 saturated heterocycles. The molecule has 0 unspecified atom stereocenters. The first-order chi connectivity index (χ1) is 11.2. The molecule has 24 heavy (non-hydrogen) atoms. The van der Waals surface area contributed by atoms with E-state index in [4.69, 9.17) is 28.3 Å². The topological polar surface area (TPSA) is 72.2 Å². The van der Waals surface area contributed by atoms with E-state index in [9.17, 15) is 9.59 Å². The van der Waals surface area contributed by atoms with Gasteiger partial charge in [-0.15, -0.1) is 0 Å². The van der Waals surface area contributed by atoms with Gasteiger partial charge < -0.3 is 5.11 Å². The molecule has 128 valence electrons. The molecule has 0 fully saturated rings. The fourth-order valence-electron chi connectivity index (χ4n) is 2.48. The minimum atomic E-state index is -0.948. The van der Waals surface area contributed by atoms with Crippen molar-refractivity contribution in [2.24, 2.45) is 7.05 Å². The highest BCUT2D eigenvalue weighted by molar-refractivity contribution is 6.36. The summed E-state index contributed by atoms with van der Waals surface area (Å²) >= 11 is 12.5. The van der Waals surface area contributed by atoms with E-state index in [0.717, 1.165) is 0 Å². The van der Waals surface area contributed by atoms with Gasteiger partial charge in [0.1, 0.15) is 0 Å². The van der Waals surface area contributed by atoms with Crippen molar-refractivity contribution in [3.63, 3.8) is 0 Å². The average molecular weight is 369 g/mol. The maximum atomic E-state index is 12.1. The van der Waals surface area contributed by atoms with E-state index in [-0.39, 0.29) is 17.9 Å². The number of carbonyl (C=O) groups is 1. The summed E-state index contributed by atoms with van der Waals surface area (Å²) in [5.41, 5.74) is 2.43. The predicted octanol–water partition coefficient (Wildman–Crippen LogP) is 3.43. The van der Waals surface area contributed by atoms with Gasteiger partial charge in [-0.1, -0.05) is 37.0 Å². The molecule has 7 heteroatoms. The van der Waals surface area contributed by atoms with E-state index in [1.165, 1.54) is 4.68 Å². The van der Waals surface area contributed by atoms with Crippen LogP contribution in [0.5, 0.6) is 0 Å². The SMILES string of the molecule is CC(C)c1cc(Cc2c(Cl)cc(CC(=O)O)cc2Cl)nn(C)c1=O. The second-order valence-electron chi connectivity index (χ2n) is 5.96. The summed E-state index contributed by atoms with van der Waals surface area (Å²) in [7, 11) is 1.61. The summed E-state index contributed by atoms with van der Waals surface area (Å²) < 4.78 is 1.31. The van der Waals surface area contributed by atoms with Crippen molar-refractivity contribution in [1.82, 2.24) is 9.78 Å². The highest BCUT2D eigenvalue weighted by Gasteiger charge is 2.15. The number of aliphatic carboxylic acids is 1. The average Bonchev–Trinajstić information content (AvgIpc) is 2.45. The standard InChI is InChI=1S/C17H18Cl2N2O3/c1-9(2)12-7-11(20-21(3)17(12)24)8-13-14(18)4-10(5-15(13)19)6-16(22)23/h4-5,7,9H,6,8H2,1-3H3,(H,22,23). The molecule has 0 radical (unpaired) electrons. The summed E-state index contributed by atoms with van der Waals surface area (Å²) in [5.74, 6) is -0.870. The Morgan fingerprint density at radius 1 is 1.25 bits per heavy atom. The van der Waals surface area contributed by atoms with E-state index < -0.39 is 5.97 Å². The second kappa shape index (κ2) is 7.36. The summed E-state index contributed by atoms with van der Waals surface area (Å²) in [4.78, 5) is 22.9. The Morgan fingerprint density at radius 3 is 2.33 bits per heavy atom. The molecule has 2 rings (SSSR count). The zero-order valence-electron chi connectivity index (χ0n) is 13.6. The molecule has 0 amide bonds. The largest absolute Gasteiger partial charge is 0.481 e. The Morgan fingerprint density at radius 2 is 1.83 bits per heavy atom. The third-order valence-electron chi connectivity index (χ3n) is 3.68. The Balaban J connectivity index is 2.42. The maximum Gasteiger partial charge on any atom is 0.307 e. The van der Waals surface area contributed by atoms with Crippen LogP contribution in [0.15, 0.2) is 23.0 Å². The van der Waals surface area contributed by atoms with Crippen LogP contribution >= 0.6 is 23.2 Å². The van der Waals surface area contributed by atoms with Crippen molar-refractivity contribution in [2.75, 3.05) is 0 Å². The van der Waals surface area contributed by atoms with Crippen LogP contribution in [0.4, 0.5) is 0 Å². The van der Waals surface area contributed by atoms with Crippen molar-refractivity contribution in [2.45, 2.75) is 32.6 Å². The van der Waals surface area contributed by atoms with Crippen LogP contribution in [0.25, 0.3) is 0 Å². The lowest BCUT2D eigenvalue weighted by Gasteiger charge is -2.12. The van der Waals surface area contributed by atoms with Crippen molar-refractivity contribution in [1.29, 1.82) is 0 Å². The molecule has 1 heterocycles. The highest BCUT2D eigenvalue weighted by atomic mass is 35.5. The van der Waals surface area contributed by atoms with Gasteiger partial charge in [-0.3, -0.25) is 9.59 Å². The third-order valence-corrected chi connectivity index (χ3v) is 4.35. The van der Waals surface area contributed by atoms with E-state index in [1.807, 2.05) is 13.8 Å². The van der Waals surface area contributed by atoms with Gasteiger partial charge in [-0.05, 0) is 35.2 Å². The Labute approximate surface area is 149 Å². The van der Waals surface area contributed by atoms with Gasteiger partial charge >= 0.3 is 5.97 Å². The van der Waals surface area contributed by atoms with Crippen LogP contribution in [0.1, 0.15) is 42.1 Å². The minimum Gasteiger partial charge on any atom is -0.481 e. The van der Waals surface area contributed by atoms with E-state index in [2.05, 4.69) is 5.10 Å². The van der Waals surface area contributed by atoms with Crippen LogP contribution in [0, 0.1) is 0 Å².